The van der Waals surface area contributed by atoms with Crippen LogP contribution in [0.25, 0.3) is 10.9 Å². The molecule has 0 aliphatic carbocycles. The van der Waals surface area contributed by atoms with Gasteiger partial charge >= 0.3 is 0 Å². The topological polar surface area (TPSA) is 89.3 Å². The summed E-state index contributed by atoms with van der Waals surface area (Å²) < 4.78 is 27.2. The summed E-state index contributed by atoms with van der Waals surface area (Å²) in [6.45, 7) is 2.35. The Hall–Kier alpha value is -2.23. The van der Waals surface area contributed by atoms with Crippen molar-refractivity contribution in [3.8, 4) is 0 Å². The molecule has 2 saturated heterocycles. The fraction of sp³-hybridized carbons (Fsp3) is 0.409. The smallest absolute Gasteiger partial charge is 0.270 e. The van der Waals surface area contributed by atoms with Crippen molar-refractivity contribution in [1.29, 1.82) is 0 Å². The molecule has 7 nitrogen and oxygen atoms in total. The predicted molar refractivity (Wildman–Crippen MR) is 123 cm³/mol. The molecule has 2 aliphatic heterocycles. The summed E-state index contributed by atoms with van der Waals surface area (Å²) in [5.41, 5.74) is 2.80. The maximum atomic E-state index is 13.0. The quantitative estimate of drug-likeness (QED) is 0.628. The van der Waals surface area contributed by atoms with Crippen molar-refractivity contribution >= 4 is 38.6 Å². The second kappa shape index (κ2) is 8.37. The Morgan fingerprint density at radius 3 is 2.52 bits per heavy atom. The average molecular weight is 459 g/mol. The number of thioether (sulfide) groups is 1. The molecule has 0 atom stereocenters. The number of aromatic amines is 2. The molecule has 31 heavy (non-hydrogen) atoms. The fourth-order valence-electron chi connectivity index (χ4n) is 4.58. The van der Waals surface area contributed by atoms with Crippen molar-refractivity contribution in [3.05, 3.63) is 54.0 Å². The number of hydrogen-bond acceptors (Lipinski definition) is 4. The second-order valence-electron chi connectivity index (χ2n) is 8.12. The molecule has 2 aliphatic rings. The monoisotopic (exact) mass is 458 g/mol. The highest BCUT2D eigenvalue weighted by molar-refractivity contribution is 7.99. The summed E-state index contributed by atoms with van der Waals surface area (Å²) in [7, 11) is -3.55. The van der Waals surface area contributed by atoms with Crippen LogP contribution < -0.4 is 0 Å². The van der Waals surface area contributed by atoms with Crippen LogP contribution in [-0.2, 0) is 10.0 Å². The van der Waals surface area contributed by atoms with E-state index in [9.17, 15) is 13.2 Å². The lowest BCUT2D eigenvalue weighted by Crippen LogP contribution is -2.38. The third-order valence-electron chi connectivity index (χ3n) is 6.34. The van der Waals surface area contributed by atoms with Gasteiger partial charge in [0.05, 0.1) is 0 Å². The number of aromatic nitrogens is 2. The van der Waals surface area contributed by atoms with Crippen molar-refractivity contribution in [1.82, 2.24) is 19.2 Å². The Morgan fingerprint density at radius 2 is 1.74 bits per heavy atom. The first-order valence-corrected chi connectivity index (χ1v) is 13.2. The van der Waals surface area contributed by atoms with Gasteiger partial charge in [-0.1, -0.05) is 18.2 Å². The largest absolute Gasteiger partial charge is 0.361 e. The van der Waals surface area contributed by atoms with Gasteiger partial charge in [-0.25, -0.2) is 8.42 Å². The van der Waals surface area contributed by atoms with Crippen molar-refractivity contribution in [2.24, 2.45) is 0 Å². The number of fused-ring (bicyclic) bond motifs is 1. The minimum absolute atomic E-state index is 0.131. The third-order valence-corrected chi connectivity index (χ3v) is 9.16. The molecule has 1 aromatic carbocycles. The molecule has 2 fully saturated rings. The first-order chi connectivity index (χ1) is 15.0. The van der Waals surface area contributed by atoms with Crippen molar-refractivity contribution in [3.63, 3.8) is 0 Å². The lowest BCUT2D eigenvalue weighted by atomic mass is 9.89. The molecule has 0 unspecified atom stereocenters. The standard InChI is InChI=1S/C22H26N4O3S2/c27-22(21-13-17(14-23-21)31(28,29)26-9-11-30-12-10-26)25-7-5-16(6-8-25)19-15-24-20-4-2-1-3-18(19)20/h1-4,13-16,23-24H,5-12H2. The zero-order valence-electron chi connectivity index (χ0n) is 17.2. The molecule has 2 N–H and O–H groups in total. The third kappa shape index (κ3) is 3.90. The number of hydrogen-bond donors (Lipinski definition) is 2. The van der Waals surface area contributed by atoms with Crippen LogP contribution in [-0.4, -0.2) is 71.2 Å². The summed E-state index contributed by atoms with van der Waals surface area (Å²) in [6.07, 6.45) is 5.33. The van der Waals surface area contributed by atoms with Crippen LogP contribution in [0.15, 0.2) is 47.6 Å². The van der Waals surface area contributed by atoms with Gasteiger partial charge in [-0.15, -0.1) is 0 Å². The minimum atomic E-state index is -3.55. The highest BCUT2D eigenvalue weighted by Crippen LogP contribution is 2.33. The number of nitrogens with one attached hydrogen (secondary N) is 2. The molecule has 164 valence electrons. The van der Waals surface area contributed by atoms with Gasteiger partial charge in [-0.3, -0.25) is 4.79 Å². The molecule has 0 saturated carbocycles. The van der Waals surface area contributed by atoms with E-state index in [2.05, 4.69) is 34.4 Å². The van der Waals surface area contributed by atoms with E-state index >= 15 is 0 Å². The fourth-order valence-corrected chi connectivity index (χ4v) is 7.15. The summed E-state index contributed by atoms with van der Waals surface area (Å²) in [6, 6.07) is 9.79. The average Bonchev–Trinajstić information content (AvgIpc) is 3.47. The number of amides is 1. The van der Waals surface area contributed by atoms with Crippen LogP contribution >= 0.6 is 11.8 Å². The van der Waals surface area contributed by atoms with E-state index in [1.807, 2.05) is 11.0 Å². The summed E-state index contributed by atoms with van der Waals surface area (Å²) in [5.74, 6) is 1.89. The number of sulfonamides is 1. The summed E-state index contributed by atoms with van der Waals surface area (Å²) in [5, 5.41) is 1.25. The van der Waals surface area contributed by atoms with Gasteiger partial charge in [0.2, 0.25) is 10.0 Å². The molecule has 0 bridgehead atoms. The number of rotatable bonds is 4. The van der Waals surface area contributed by atoms with E-state index in [4.69, 9.17) is 0 Å². The van der Waals surface area contributed by atoms with E-state index in [0.29, 0.717) is 37.8 Å². The SMILES string of the molecule is O=C(c1cc(S(=O)(=O)N2CCSCC2)c[nH]1)N1CCC(c2c[nH]c3ccccc23)CC1. The zero-order valence-corrected chi connectivity index (χ0v) is 18.8. The molecule has 2 aromatic heterocycles. The van der Waals surface area contributed by atoms with Gasteiger partial charge in [0.15, 0.2) is 0 Å². The Kier molecular flexibility index (Phi) is 5.58. The van der Waals surface area contributed by atoms with E-state index in [0.717, 1.165) is 29.9 Å². The van der Waals surface area contributed by atoms with Crippen LogP contribution in [0, 0.1) is 0 Å². The van der Waals surface area contributed by atoms with Crippen LogP contribution in [0.3, 0.4) is 0 Å². The highest BCUT2D eigenvalue weighted by atomic mass is 32.2. The van der Waals surface area contributed by atoms with Gasteiger partial charge in [0.25, 0.3) is 5.91 Å². The minimum Gasteiger partial charge on any atom is -0.361 e. The second-order valence-corrected chi connectivity index (χ2v) is 11.3. The number of piperidine rings is 1. The predicted octanol–water partition coefficient (Wildman–Crippen LogP) is 3.25. The molecule has 1 amide bonds. The number of carbonyl (C=O) groups is 1. The number of nitrogens with zero attached hydrogens (tertiary/aromatic N) is 2. The molecule has 4 heterocycles. The van der Waals surface area contributed by atoms with Crippen LogP contribution in [0.5, 0.6) is 0 Å². The lowest BCUT2D eigenvalue weighted by molar-refractivity contribution is 0.0708. The molecule has 5 rings (SSSR count). The number of benzene rings is 1. The first-order valence-electron chi connectivity index (χ1n) is 10.7. The molecule has 0 radical (unpaired) electrons. The van der Waals surface area contributed by atoms with E-state index in [1.54, 1.807) is 11.8 Å². The Labute approximate surface area is 186 Å². The van der Waals surface area contributed by atoms with Gasteiger partial charge in [-0.2, -0.15) is 16.1 Å². The number of H-pyrrole nitrogens is 2. The van der Waals surface area contributed by atoms with E-state index in [-0.39, 0.29) is 10.8 Å². The Morgan fingerprint density at radius 1 is 1.00 bits per heavy atom. The van der Waals surface area contributed by atoms with Gasteiger partial charge in [0.1, 0.15) is 10.6 Å². The Bertz CT molecular complexity index is 1190. The lowest BCUT2D eigenvalue weighted by Gasteiger charge is -2.31. The van der Waals surface area contributed by atoms with E-state index in [1.165, 1.54) is 27.5 Å². The zero-order chi connectivity index (χ0) is 21.4. The normalized spacial score (nSPS) is 19.2. The van der Waals surface area contributed by atoms with Crippen molar-refractivity contribution in [2.45, 2.75) is 23.7 Å². The van der Waals surface area contributed by atoms with Crippen molar-refractivity contribution in [2.75, 3.05) is 37.7 Å². The van der Waals surface area contributed by atoms with Gasteiger partial charge in [0, 0.05) is 61.0 Å². The highest BCUT2D eigenvalue weighted by Gasteiger charge is 2.30. The molecule has 3 aromatic rings. The van der Waals surface area contributed by atoms with Crippen LogP contribution in [0.1, 0.15) is 34.8 Å². The van der Waals surface area contributed by atoms with Crippen LogP contribution in [0.4, 0.5) is 0 Å². The van der Waals surface area contributed by atoms with Gasteiger partial charge < -0.3 is 14.9 Å². The molecular formula is C22H26N4O3S2. The number of carbonyl (C=O) groups excluding carboxylic acids is 1. The summed E-state index contributed by atoms with van der Waals surface area (Å²) >= 11 is 1.76. The van der Waals surface area contributed by atoms with Crippen LogP contribution in [0.2, 0.25) is 0 Å². The first kappa shape index (κ1) is 20.7. The maximum Gasteiger partial charge on any atom is 0.270 e. The van der Waals surface area contributed by atoms with Gasteiger partial charge in [-0.05, 0) is 36.5 Å². The maximum absolute atomic E-state index is 13.0. The molecule has 0 spiro atoms. The van der Waals surface area contributed by atoms with Crippen molar-refractivity contribution < 1.29 is 13.2 Å². The number of likely N-dealkylation sites (tertiary alicyclic amines) is 1. The number of para-hydroxylation sites is 1. The molecule has 9 heteroatoms. The van der Waals surface area contributed by atoms with E-state index < -0.39 is 10.0 Å². The molecular weight excluding hydrogens is 432 g/mol. The Balaban J connectivity index is 1.26. The summed E-state index contributed by atoms with van der Waals surface area (Å²) in [4.78, 5) is 21.2.